The smallest absolute Gasteiger partial charge is 0.233 e. The highest BCUT2D eigenvalue weighted by atomic mass is 32.2. The van der Waals surface area contributed by atoms with Crippen LogP contribution < -0.4 is 4.31 Å². The molecule has 0 aromatic carbocycles. The maximum absolute atomic E-state index is 12.2. The summed E-state index contributed by atoms with van der Waals surface area (Å²) in [6.07, 6.45) is 5.76. The molecule has 0 aliphatic carbocycles. The van der Waals surface area contributed by atoms with Crippen molar-refractivity contribution in [2.45, 2.75) is 26.7 Å². The molecule has 3 aromatic heterocycles. The molecule has 0 fully saturated rings. The lowest BCUT2D eigenvalue weighted by molar-refractivity contribution is 0.144. The number of anilines is 1. The largest absolute Gasteiger partial charge is 0.396 e. The van der Waals surface area contributed by atoms with E-state index < -0.39 is 10.0 Å². The van der Waals surface area contributed by atoms with E-state index in [1.54, 1.807) is 12.4 Å². The third kappa shape index (κ3) is 4.39. The van der Waals surface area contributed by atoms with E-state index in [0.29, 0.717) is 30.3 Å². The van der Waals surface area contributed by atoms with Gasteiger partial charge in [0.05, 0.1) is 16.8 Å². The Balaban J connectivity index is 1.79. The monoisotopic (exact) mass is 459 g/mol. The second-order valence-corrected chi connectivity index (χ2v) is 9.85. The fourth-order valence-corrected chi connectivity index (χ4v) is 4.90. The fourth-order valence-electron chi connectivity index (χ4n) is 3.05. The number of aromatic nitrogens is 5. The van der Waals surface area contributed by atoms with E-state index in [1.165, 1.54) is 15.6 Å². The van der Waals surface area contributed by atoms with Crippen molar-refractivity contribution >= 4 is 32.9 Å². The summed E-state index contributed by atoms with van der Waals surface area (Å²) in [5, 5.41) is 13.4. The molecule has 0 saturated heterocycles. The van der Waals surface area contributed by atoms with E-state index in [0.717, 1.165) is 33.8 Å². The van der Waals surface area contributed by atoms with Crippen molar-refractivity contribution in [2.24, 2.45) is 5.16 Å². The summed E-state index contributed by atoms with van der Waals surface area (Å²) in [6, 6.07) is 3.78. The number of nitrogens with zero attached hydrogens (tertiary/aromatic N) is 7. The van der Waals surface area contributed by atoms with Crippen molar-refractivity contribution in [3.8, 4) is 21.3 Å². The molecule has 3 aromatic rings. The molecule has 0 spiro atoms. The average Bonchev–Trinajstić information content (AvgIpc) is 3.15. The van der Waals surface area contributed by atoms with Crippen molar-refractivity contribution in [1.82, 2.24) is 25.1 Å². The molecule has 162 valence electrons. The van der Waals surface area contributed by atoms with E-state index in [-0.39, 0.29) is 12.4 Å². The summed E-state index contributed by atoms with van der Waals surface area (Å²) in [5.74, 6) is 0.522. The minimum Gasteiger partial charge on any atom is -0.396 e. The number of hydrogen-bond acceptors (Lipinski definition) is 10. The zero-order chi connectivity index (χ0) is 22.0. The van der Waals surface area contributed by atoms with Gasteiger partial charge in [-0.05, 0) is 25.5 Å². The first-order valence-electron chi connectivity index (χ1n) is 9.68. The normalized spacial score (nSPS) is 15.2. The molecule has 0 amide bonds. The first-order valence-corrected chi connectivity index (χ1v) is 12.3. The third-order valence-corrected chi connectivity index (χ3v) is 6.87. The predicted molar refractivity (Wildman–Crippen MR) is 118 cm³/mol. The van der Waals surface area contributed by atoms with Gasteiger partial charge in [-0.25, -0.2) is 18.4 Å². The molecule has 0 unspecified atom stereocenters. The Morgan fingerprint density at radius 3 is 2.84 bits per heavy atom. The van der Waals surface area contributed by atoms with Gasteiger partial charge in [-0.15, -0.1) is 21.5 Å². The van der Waals surface area contributed by atoms with Crippen LogP contribution in [0.4, 0.5) is 5.82 Å². The van der Waals surface area contributed by atoms with Crippen LogP contribution in [0, 0.1) is 6.92 Å². The van der Waals surface area contributed by atoms with Gasteiger partial charge < -0.3 is 4.84 Å². The average molecular weight is 460 g/mol. The number of aryl methyl sites for hydroxylation is 1. The first-order chi connectivity index (χ1) is 14.9. The second-order valence-electron chi connectivity index (χ2n) is 6.94. The molecule has 0 radical (unpaired) electrons. The minimum atomic E-state index is -3.53. The van der Waals surface area contributed by atoms with Crippen molar-refractivity contribution in [1.29, 1.82) is 0 Å². The van der Waals surface area contributed by atoms with E-state index in [9.17, 15) is 8.42 Å². The molecule has 1 aliphatic rings. The first kappa shape index (κ1) is 21.2. The molecular formula is C19H21N7O3S2. The maximum atomic E-state index is 12.2. The second kappa shape index (κ2) is 8.63. The van der Waals surface area contributed by atoms with Crippen LogP contribution in [0.2, 0.25) is 0 Å². The maximum Gasteiger partial charge on any atom is 0.233 e. The van der Waals surface area contributed by atoms with Crippen LogP contribution in [0.1, 0.15) is 31.2 Å². The Labute approximate surface area is 184 Å². The van der Waals surface area contributed by atoms with Crippen LogP contribution in [-0.4, -0.2) is 58.7 Å². The van der Waals surface area contributed by atoms with Gasteiger partial charge in [-0.2, -0.15) is 0 Å². The Morgan fingerprint density at radius 2 is 2.13 bits per heavy atom. The summed E-state index contributed by atoms with van der Waals surface area (Å²) < 4.78 is 25.7. The number of fused-ring (bicyclic) bond motifs is 1. The molecule has 31 heavy (non-hydrogen) atoms. The lowest BCUT2D eigenvalue weighted by atomic mass is 10.1. The Hall–Kier alpha value is -2.99. The Kier molecular flexibility index (Phi) is 5.92. The summed E-state index contributed by atoms with van der Waals surface area (Å²) >= 11 is 1.43. The van der Waals surface area contributed by atoms with Crippen LogP contribution in [0.5, 0.6) is 0 Å². The van der Waals surface area contributed by atoms with Crippen molar-refractivity contribution < 1.29 is 13.3 Å². The molecule has 12 heteroatoms. The highest BCUT2D eigenvalue weighted by Gasteiger charge is 2.32. The van der Waals surface area contributed by atoms with Gasteiger partial charge in [0.1, 0.15) is 23.0 Å². The van der Waals surface area contributed by atoms with Crippen LogP contribution in [-0.2, 0) is 14.9 Å². The van der Waals surface area contributed by atoms with E-state index in [2.05, 4.69) is 30.3 Å². The summed E-state index contributed by atoms with van der Waals surface area (Å²) in [7, 11) is -3.53. The van der Waals surface area contributed by atoms with Gasteiger partial charge in [-0.1, -0.05) is 12.1 Å². The standard InChI is InChI=1S/C19H21N7O3S2/c1-4-10-29-25-14-7-9-26(31(3,27)28)18-15(14)22-17(23-24-18)16-12(2)21-19(30-16)13-6-5-8-20-11-13/h5-6,8,11H,4,7,9-10H2,1-3H3. The number of pyridine rings is 1. The highest BCUT2D eigenvalue weighted by molar-refractivity contribution is 7.92. The number of rotatable bonds is 6. The van der Waals surface area contributed by atoms with Crippen LogP contribution in [0.15, 0.2) is 29.7 Å². The van der Waals surface area contributed by atoms with Gasteiger partial charge in [0.15, 0.2) is 11.6 Å². The number of sulfonamides is 1. The van der Waals surface area contributed by atoms with Crippen LogP contribution in [0.3, 0.4) is 0 Å². The summed E-state index contributed by atoms with van der Waals surface area (Å²) in [5.41, 5.74) is 2.55. The third-order valence-electron chi connectivity index (χ3n) is 4.51. The van der Waals surface area contributed by atoms with Crippen LogP contribution >= 0.6 is 11.3 Å². The Bertz CT molecular complexity index is 1230. The zero-order valence-corrected chi connectivity index (χ0v) is 18.9. The van der Waals surface area contributed by atoms with Gasteiger partial charge in [0.2, 0.25) is 10.0 Å². The van der Waals surface area contributed by atoms with E-state index in [1.807, 2.05) is 26.0 Å². The van der Waals surface area contributed by atoms with Crippen molar-refractivity contribution in [2.75, 3.05) is 23.7 Å². The number of oxime groups is 1. The zero-order valence-electron chi connectivity index (χ0n) is 17.3. The molecule has 4 heterocycles. The molecule has 4 rings (SSSR count). The molecular weight excluding hydrogens is 438 g/mol. The van der Waals surface area contributed by atoms with Crippen molar-refractivity contribution in [3.63, 3.8) is 0 Å². The lowest BCUT2D eigenvalue weighted by Gasteiger charge is -2.27. The van der Waals surface area contributed by atoms with E-state index in [4.69, 9.17) is 4.84 Å². The lowest BCUT2D eigenvalue weighted by Crippen LogP contribution is -2.38. The Morgan fingerprint density at radius 1 is 1.29 bits per heavy atom. The SMILES string of the molecule is CCCON=C1CCN(S(C)(=O)=O)c2nnc(-c3sc(-c4cccnc4)nc3C)nc21. The number of thiazole rings is 1. The van der Waals surface area contributed by atoms with E-state index >= 15 is 0 Å². The molecule has 0 saturated carbocycles. The summed E-state index contributed by atoms with van der Waals surface area (Å²) in [6.45, 7) is 4.52. The molecule has 0 N–H and O–H groups in total. The topological polar surface area (TPSA) is 123 Å². The van der Waals surface area contributed by atoms with Crippen molar-refractivity contribution in [3.05, 3.63) is 35.9 Å². The molecule has 1 aliphatic heterocycles. The number of hydrogen-bond donors (Lipinski definition) is 0. The molecule has 0 atom stereocenters. The molecule has 0 bridgehead atoms. The van der Waals surface area contributed by atoms with Gasteiger partial charge in [0.25, 0.3) is 0 Å². The van der Waals surface area contributed by atoms with Gasteiger partial charge in [-0.3, -0.25) is 9.29 Å². The van der Waals surface area contributed by atoms with Gasteiger partial charge in [0, 0.05) is 30.9 Å². The minimum absolute atomic E-state index is 0.158. The quantitative estimate of drug-likeness (QED) is 0.407. The highest BCUT2D eigenvalue weighted by Crippen LogP contribution is 2.34. The summed E-state index contributed by atoms with van der Waals surface area (Å²) in [4.78, 5) is 19.5. The predicted octanol–water partition coefficient (Wildman–Crippen LogP) is 2.67. The van der Waals surface area contributed by atoms with Gasteiger partial charge >= 0.3 is 0 Å². The molecule has 10 nitrogen and oxygen atoms in total. The van der Waals surface area contributed by atoms with Crippen LogP contribution in [0.25, 0.3) is 21.3 Å². The fraction of sp³-hybridized carbons (Fsp3) is 0.368.